The van der Waals surface area contributed by atoms with Gasteiger partial charge in [-0.2, -0.15) is 0 Å². The van der Waals surface area contributed by atoms with Crippen LogP contribution < -0.4 is 109 Å². The average molecular weight is 1730 g/mol. The summed E-state index contributed by atoms with van der Waals surface area (Å²) in [5, 5.41) is 78.0. The second-order valence-electron chi connectivity index (χ2n) is 25.3. The number of aliphatic hydroxyl groups excluding tert-OH is 2. The topological polar surface area (TPSA) is 819 Å². The third-order valence-corrected chi connectivity index (χ3v) is 20.4. The Morgan fingerprint density at radius 2 is 0.793 bits per heavy atom. The number of aliphatic imine (C=N–C) groups is 2. The van der Waals surface area contributed by atoms with Gasteiger partial charge in [-0.25, -0.2) is 52.2 Å². The molecule has 2 heterocycles. The molecule has 54 heteroatoms. The maximum atomic E-state index is 13.8. The van der Waals surface area contributed by atoms with Crippen LogP contribution >= 0.6 is 43.2 Å². The zero-order valence-electron chi connectivity index (χ0n) is 63.6. The molecular formula is C62H104N24O26S4. The highest BCUT2D eigenvalue weighted by atomic mass is 33.1. The number of amides is 6. The molecular weight excluding hydrogens is 1630 g/mol. The van der Waals surface area contributed by atoms with E-state index in [9.17, 15) is 116 Å². The number of carboxylic acids is 4. The third kappa shape index (κ3) is 42.6. The number of hydrazine groups is 4. The highest BCUT2D eigenvalue weighted by Gasteiger charge is 2.43. The first-order valence-electron chi connectivity index (χ1n) is 35.3. The van der Waals surface area contributed by atoms with Gasteiger partial charge < -0.3 is 86.3 Å². The van der Waals surface area contributed by atoms with E-state index in [2.05, 4.69) is 85.1 Å². The molecule has 0 aromatic carbocycles. The van der Waals surface area contributed by atoms with E-state index in [0.717, 1.165) is 43.2 Å². The predicted molar refractivity (Wildman–Crippen MR) is 415 cm³/mol. The standard InChI is InChI=1S/2C31H52N12O13S2/c2*1-15(45)10-37-28(54)17(5-3-7-36-31(33)34)40-22(47)12-38-41-18(9-23(48)49)25(51)26(52)19(13-44)42-43-8-4-6-20(43)27(53)29(39-16(2)24(50)30(55)56)58-57-14-35-11-21(32)46/h2*16-20,29,35,38-39,41-42,44H,3-14H2,1-2H3,(H2,32,46)(H,37,54)(H,40,47)(H,48,49)(H,55,56)(H4,33,34,36)/t16?,17-,18-,19-,20-,29?;16-,17-,18-,19-,20-,29?/m00/s1. The number of nitrogens with zero attached hydrogens (tertiary/aromatic N) is 4. The van der Waals surface area contributed by atoms with Crippen LogP contribution in [0.15, 0.2) is 9.98 Å². The van der Waals surface area contributed by atoms with Crippen molar-refractivity contribution in [1.29, 1.82) is 0 Å². The second-order valence-corrected chi connectivity index (χ2v) is 30.3. The molecule has 6 amide bonds. The first-order chi connectivity index (χ1) is 54.6. The lowest BCUT2D eigenvalue weighted by Gasteiger charge is -2.31. The summed E-state index contributed by atoms with van der Waals surface area (Å²) < 4.78 is 0. The van der Waals surface area contributed by atoms with Gasteiger partial charge >= 0.3 is 23.9 Å². The molecule has 2 fully saturated rings. The van der Waals surface area contributed by atoms with Crippen LogP contribution in [-0.2, 0) is 95.9 Å². The Labute approximate surface area is 678 Å². The van der Waals surface area contributed by atoms with Gasteiger partial charge in [-0.15, -0.1) is 0 Å². The van der Waals surface area contributed by atoms with E-state index >= 15 is 0 Å². The number of hydrogen-bond donors (Lipinski definition) is 26. The largest absolute Gasteiger partial charge is 0.481 e. The summed E-state index contributed by atoms with van der Waals surface area (Å²) >= 11 is 0. The number of Topliss-reactive ketones (excluding diaryl/α,β-unsaturated/α-hetero) is 10. The van der Waals surface area contributed by atoms with Crippen molar-refractivity contribution < 1.29 is 127 Å². The molecule has 50 nitrogen and oxygen atoms in total. The number of hydrogen-bond acceptors (Lipinski definition) is 40. The van der Waals surface area contributed by atoms with Crippen molar-refractivity contribution in [3.63, 3.8) is 0 Å². The number of guanidine groups is 2. The van der Waals surface area contributed by atoms with Gasteiger partial charge in [-0.3, -0.25) is 118 Å². The minimum atomic E-state index is -1.77. The first-order valence-corrected chi connectivity index (χ1v) is 40.1. The summed E-state index contributed by atoms with van der Waals surface area (Å²) in [5.41, 5.74) is 46.0. The van der Waals surface area contributed by atoms with E-state index in [-0.39, 0.29) is 126 Å². The van der Waals surface area contributed by atoms with Crippen molar-refractivity contribution >= 4 is 172 Å². The van der Waals surface area contributed by atoms with Crippen LogP contribution in [-0.4, -0.2) is 331 Å². The molecule has 0 radical (unpaired) electrons. The predicted octanol–water partition coefficient (Wildman–Crippen LogP) is -12.8. The van der Waals surface area contributed by atoms with Gasteiger partial charge in [-0.1, -0.05) is 43.2 Å². The number of aliphatic hydroxyl groups is 2. The Bertz CT molecular complexity index is 3290. The maximum Gasteiger partial charge on any atom is 0.373 e. The summed E-state index contributed by atoms with van der Waals surface area (Å²) in [6.45, 7) is 1.39. The van der Waals surface area contributed by atoms with E-state index in [1.807, 2.05) is 0 Å². The fraction of sp³-hybridized carbons (Fsp3) is 0.645. The summed E-state index contributed by atoms with van der Waals surface area (Å²) in [7, 11) is 3.96. The minimum Gasteiger partial charge on any atom is -0.481 e. The monoisotopic (exact) mass is 1730 g/mol. The van der Waals surface area contributed by atoms with Crippen molar-refractivity contribution in [2.45, 2.75) is 163 Å². The molecule has 2 aliphatic rings. The van der Waals surface area contributed by atoms with Crippen LogP contribution in [0.2, 0.25) is 0 Å². The fourth-order valence-electron chi connectivity index (χ4n) is 10.1. The molecule has 0 aromatic heterocycles. The van der Waals surface area contributed by atoms with Crippen LogP contribution in [0.1, 0.15) is 91.9 Å². The molecule has 32 N–H and O–H groups in total. The number of carboxylic acid groups (broad SMARTS) is 4. The maximum absolute atomic E-state index is 13.8. The van der Waals surface area contributed by atoms with Gasteiger partial charge in [-0.05, 0) is 79.1 Å². The second kappa shape index (κ2) is 57.0. The van der Waals surface area contributed by atoms with Gasteiger partial charge in [0.2, 0.25) is 58.6 Å². The van der Waals surface area contributed by atoms with E-state index in [0.29, 0.717) is 12.8 Å². The lowest BCUT2D eigenvalue weighted by atomic mass is 10.0. The zero-order chi connectivity index (χ0) is 87.9. The normalized spacial score (nSPS) is 16.5. The molecule has 0 bridgehead atoms. The number of nitrogens with one attached hydrogen (secondary N) is 14. The number of carbonyl (C=O) groups is 20. The van der Waals surface area contributed by atoms with E-state index in [1.54, 1.807) is 0 Å². The smallest absolute Gasteiger partial charge is 0.373 e. The third-order valence-electron chi connectivity index (χ3n) is 15.7. The Balaban J connectivity index is 0.00000116. The van der Waals surface area contributed by atoms with Crippen LogP contribution in [0.5, 0.6) is 0 Å². The van der Waals surface area contributed by atoms with Gasteiger partial charge in [0, 0.05) is 26.2 Å². The van der Waals surface area contributed by atoms with Crippen LogP contribution in [0.4, 0.5) is 0 Å². The average Bonchev–Trinajstić information content (AvgIpc) is 1.64. The van der Waals surface area contributed by atoms with Gasteiger partial charge in [0.05, 0.1) is 113 Å². The quantitative estimate of drug-likeness (QED) is 0.00511. The lowest BCUT2D eigenvalue weighted by Crippen LogP contribution is -2.60. The van der Waals surface area contributed by atoms with Crippen molar-refractivity contribution in [2.75, 3.05) is 90.4 Å². The Morgan fingerprint density at radius 3 is 1.09 bits per heavy atom. The van der Waals surface area contributed by atoms with Crippen molar-refractivity contribution in [2.24, 2.45) is 44.4 Å². The molecule has 2 aliphatic heterocycles. The SMILES string of the molecule is CC(=O)CNC(=O)[C@H](CCCN=C(N)N)NC(=O)CNN[C@@H](CC(=O)O)C(=O)C(=O)[C@H](CO)NN1CCC[C@H]1C(=O)C(NC(C)C(=O)C(=O)O)SSCNCC(N)=O.CC(=O)CNC(=O)[C@H](CCCN=C(N)N)NC(=O)CNN[C@@H](CC(=O)O)C(=O)C(=O)[C@H](CO)NN1CCC[C@H]1C(=O)C(N[C@@H](C)C(=O)C(=O)O)SSCNCC(N)=O. The molecule has 0 spiro atoms. The summed E-state index contributed by atoms with van der Waals surface area (Å²) in [6.07, 6.45) is -0.0749. The number of carbonyl (C=O) groups excluding carboxylic acids is 16. The molecule has 116 heavy (non-hydrogen) atoms. The van der Waals surface area contributed by atoms with Crippen molar-refractivity contribution in [3.8, 4) is 0 Å². The molecule has 0 saturated carbocycles. The first kappa shape index (κ1) is 105. The fourth-order valence-corrected chi connectivity index (χ4v) is 14.6. The van der Waals surface area contributed by atoms with Crippen molar-refractivity contribution in [3.05, 3.63) is 0 Å². The van der Waals surface area contributed by atoms with Crippen LogP contribution in [0, 0.1) is 0 Å². The number of rotatable bonds is 64. The minimum absolute atomic E-state index is 0.0573. The number of nitrogens with two attached hydrogens (primary N) is 6. The molecule has 0 aromatic rings. The number of ketones is 10. The van der Waals surface area contributed by atoms with E-state index < -0.39 is 216 Å². The van der Waals surface area contributed by atoms with E-state index in [4.69, 9.17) is 44.6 Å². The molecule has 2 saturated heterocycles. The molecule has 652 valence electrons. The van der Waals surface area contributed by atoms with Crippen LogP contribution in [0.3, 0.4) is 0 Å². The number of primary amides is 2. The molecule has 0 aliphatic carbocycles. The highest BCUT2D eigenvalue weighted by Crippen LogP contribution is 2.31. The number of aliphatic carboxylic acids is 4. The molecule has 2 rings (SSSR count). The summed E-state index contributed by atoms with van der Waals surface area (Å²) in [4.78, 5) is 254. The van der Waals surface area contributed by atoms with E-state index in [1.165, 1.54) is 37.7 Å². The Hall–Kier alpha value is -9.22. The van der Waals surface area contributed by atoms with Gasteiger partial charge in [0.25, 0.3) is 11.6 Å². The Morgan fingerprint density at radius 1 is 0.457 bits per heavy atom. The van der Waals surface area contributed by atoms with Gasteiger partial charge in [0.1, 0.15) is 46.5 Å². The van der Waals surface area contributed by atoms with Crippen molar-refractivity contribution in [1.82, 2.24) is 85.1 Å². The molecule has 3 unspecified atom stereocenters. The summed E-state index contributed by atoms with van der Waals surface area (Å²) in [5.74, 6) is -20.3. The molecule has 12 atom stereocenters. The Kier molecular flexibility index (Phi) is 51.5. The van der Waals surface area contributed by atoms with Crippen LogP contribution in [0.25, 0.3) is 0 Å². The van der Waals surface area contributed by atoms with Gasteiger partial charge in [0.15, 0.2) is 23.5 Å². The highest BCUT2D eigenvalue weighted by molar-refractivity contribution is 8.77. The zero-order valence-corrected chi connectivity index (χ0v) is 66.9. The summed E-state index contributed by atoms with van der Waals surface area (Å²) in [6, 6.07) is -13.8. The lowest BCUT2D eigenvalue weighted by molar-refractivity contribution is -0.150.